The Balaban J connectivity index is 2.44. The van der Waals surface area contributed by atoms with E-state index in [0.29, 0.717) is 25.8 Å². The molecule has 0 aromatic heterocycles. The monoisotopic (exact) mass is 330 g/mol. The molecule has 0 saturated carbocycles. The molecule has 7 nitrogen and oxygen atoms in total. The Morgan fingerprint density at radius 1 is 1.48 bits per heavy atom. The van der Waals surface area contributed by atoms with E-state index >= 15 is 0 Å². The number of carbonyl (C=O) groups is 2. The van der Waals surface area contributed by atoms with Crippen LogP contribution in [0.25, 0.3) is 0 Å². The maximum Gasteiger partial charge on any atom is 0.407 e. The van der Waals surface area contributed by atoms with E-state index in [2.05, 4.69) is 10.6 Å². The highest BCUT2D eigenvalue weighted by Gasteiger charge is 2.37. The number of hydrogen-bond acceptors (Lipinski definition) is 5. The van der Waals surface area contributed by atoms with Crippen molar-refractivity contribution in [1.82, 2.24) is 10.6 Å². The van der Waals surface area contributed by atoms with Crippen LogP contribution < -0.4 is 10.6 Å². The highest BCUT2D eigenvalue weighted by atomic mass is 16.6. The van der Waals surface area contributed by atoms with Crippen LogP contribution in [0.15, 0.2) is 0 Å². The van der Waals surface area contributed by atoms with Crippen LogP contribution in [-0.4, -0.2) is 53.1 Å². The normalized spacial score (nSPS) is 24.0. The fraction of sp³-hybridized carbons (Fsp3) is 0.875. The summed E-state index contributed by atoms with van der Waals surface area (Å²) in [6.07, 6.45) is 0.296. The summed E-state index contributed by atoms with van der Waals surface area (Å²) in [4.78, 5) is 23.1. The Bertz CT molecular complexity index is 408. The van der Waals surface area contributed by atoms with Crippen molar-refractivity contribution >= 4 is 12.0 Å². The standard InChI is InChI=1S/C16H30N2O5/c1-10-8-13(21)18-14(10)11(12(20)9-19)6-5-7-17-15(22)23-16(2,3)4/h10-12,14,19-20H,5-9H2,1-4H3,(H,17,22)(H,18,21). The highest BCUT2D eigenvalue weighted by Crippen LogP contribution is 2.27. The summed E-state index contributed by atoms with van der Waals surface area (Å²) in [7, 11) is 0. The number of aliphatic hydroxyl groups excluding tert-OH is 2. The maximum atomic E-state index is 11.6. The van der Waals surface area contributed by atoms with E-state index in [9.17, 15) is 19.8 Å². The van der Waals surface area contributed by atoms with E-state index < -0.39 is 17.8 Å². The van der Waals surface area contributed by atoms with Gasteiger partial charge in [0.25, 0.3) is 0 Å². The van der Waals surface area contributed by atoms with E-state index in [4.69, 9.17) is 4.74 Å². The minimum absolute atomic E-state index is 0.0236. The van der Waals surface area contributed by atoms with E-state index in [1.807, 2.05) is 6.92 Å². The molecule has 1 fully saturated rings. The van der Waals surface area contributed by atoms with Crippen LogP contribution in [0.5, 0.6) is 0 Å². The number of aliphatic hydroxyl groups is 2. The molecular formula is C16H30N2O5. The van der Waals surface area contributed by atoms with Gasteiger partial charge in [-0.25, -0.2) is 4.79 Å². The number of nitrogens with one attached hydrogen (secondary N) is 2. The third kappa shape index (κ3) is 6.74. The van der Waals surface area contributed by atoms with Crippen LogP contribution in [0.4, 0.5) is 4.79 Å². The van der Waals surface area contributed by atoms with E-state index in [-0.39, 0.29) is 30.4 Å². The Labute approximate surface area is 137 Å². The Morgan fingerprint density at radius 3 is 2.61 bits per heavy atom. The van der Waals surface area contributed by atoms with Gasteiger partial charge in [-0.1, -0.05) is 6.92 Å². The predicted molar refractivity (Wildman–Crippen MR) is 85.8 cm³/mol. The van der Waals surface area contributed by atoms with E-state index in [1.54, 1.807) is 20.8 Å². The van der Waals surface area contributed by atoms with Gasteiger partial charge in [-0.15, -0.1) is 0 Å². The number of amides is 2. The van der Waals surface area contributed by atoms with Crippen molar-refractivity contribution in [2.75, 3.05) is 13.2 Å². The first-order chi connectivity index (χ1) is 10.6. The lowest BCUT2D eigenvalue weighted by atomic mass is 9.83. The van der Waals surface area contributed by atoms with Gasteiger partial charge in [-0.3, -0.25) is 4.79 Å². The summed E-state index contributed by atoms with van der Waals surface area (Å²) < 4.78 is 5.15. The fourth-order valence-electron chi connectivity index (χ4n) is 2.92. The zero-order valence-corrected chi connectivity index (χ0v) is 14.5. The molecule has 23 heavy (non-hydrogen) atoms. The SMILES string of the molecule is CC1CC(=O)NC1C(CCCNC(=O)OC(C)(C)C)C(O)CO. The first-order valence-corrected chi connectivity index (χ1v) is 8.19. The molecule has 0 radical (unpaired) electrons. The molecule has 1 saturated heterocycles. The highest BCUT2D eigenvalue weighted by molar-refractivity contribution is 5.79. The van der Waals surface area contributed by atoms with Crippen molar-refractivity contribution < 1.29 is 24.5 Å². The largest absolute Gasteiger partial charge is 0.444 e. The van der Waals surface area contributed by atoms with Crippen LogP contribution in [0, 0.1) is 11.8 Å². The summed E-state index contributed by atoms with van der Waals surface area (Å²) in [5, 5.41) is 24.8. The lowest BCUT2D eigenvalue weighted by Gasteiger charge is -2.30. The molecular weight excluding hydrogens is 300 g/mol. The third-order valence-electron chi connectivity index (χ3n) is 3.97. The first-order valence-electron chi connectivity index (χ1n) is 8.19. The molecule has 4 N–H and O–H groups in total. The Hall–Kier alpha value is -1.34. The van der Waals surface area contributed by atoms with Crippen LogP contribution >= 0.6 is 0 Å². The van der Waals surface area contributed by atoms with Crippen LogP contribution in [0.1, 0.15) is 47.0 Å². The molecule has 1 heterocycles. The van der Waals surface area contributed by atoms with Gasteiger partial charge in [-0.05, 0) is 39.5 Å². The van der Waals surface area contributed by atoms with Gasteiger partial charge in [0.1, 0.15) is 5.60 Å². The molecule has 0 aromatic rings. The smallest absolute Gasteiger partial charge is 0.407 e. The van der Waals surface area contributed by atoms with Crippen LogP contribution in [0.3, 0.4) is 0 Å². The van der Waals surface area contributed by atoms with Gasteiger partial charge in [-0.2, -0.15) is 0 Å². The average Bonchev–Trinajstić information content (AvgIpc) is 2.74. The number of hydrogen-bond donors (Lipinski definition) is 4. The fourth-order valence-corrected chi connectivity index (χ4v) is 2.92. The van der Waals surface area contributed by atoms with Crippen molar-refractivity contribution in [1.29, 1.82) is 0 Å². The molecule has 1 rings (SSSR count). The molecule has 4 unspecified atom stereocenters. The summed E-state index contributed by atoms with van der Waals surface area (Å²) in [6, 6.07) is -0.147. The van der Waals surface area contributed by atoms with Crippen molar-refractivity contribution in [2.45, 2.75) is 64.7 Å². The van der Waals surface area contributed by atoms with E-state index in [0.717, 1.165) is 0 Å². The summed E-state index contributed by atoms with van der Waals surface area (Å²) in [5.74, 6) is -0.140. The van der Waals surface area contributed by atoms with Gasteiger partial charge < -0.3 is 25.6 Å². The van der Waals surface area contributed by atoms with Crippen molar-refractivity contribution in [2.24, 2.45) is 11.8 Å². The molecule has 2 amide bonds. The summed E-state index contributed by atoms with van der Waals surface area (Å²) in [5.41, 5.74) is -0.538. The van der Waals surface area contributed by atoms with E-state index in [1.165, 1.54) is 0 Å². The van der Waals surface area contributed by atoms with Gasteiger partial charge in [0.05, 0.1) is 12.7 Å². The van der Waals surface area contributed by atoms with Crippen LogP contribution in [-0.2, 0) is 9.53 Å². The molecule has 134 valence electrons. The summed E-state index contributed by atoms with van der Waals surface area (Å²) >= 11 is 0. The molecule has 7 heteroatoms. The third-order valence-corrected chi connectivity index (χ3v) is 3.97. The number of rotatable bonds is 7. The molecule has 4 atom stereocenters. The molecule has 0 aromatic carbocycles. The number of carbonyl (C=O) groups excluding carboxylic acids is 2. The topological polar surface area (TPSA) is 108 Å². The van der Waals surface area contributed by atoms with Gasteiger partial charge >= 0.3 is 6.09 Å². The van der Waals surface area contributed by atoms with Crippen molar-refractivity contribution in [3.05, 3.63) is 0 Å². The van der Waals surface area contributed by atoms with Crippen molar-refractivity contribution in [3.8, 4) is 0 Å². The second kappa shape index (κ2) is 8.49. The second-order valence-electron chi connectivity index (χ2n) is 7.26. The van der Waals surface area contributed by atoms with Gasteiger partial charge in [0.2, 0.25) is 5.91 Å². The predicted octanol–water partition coefficient (Wildman–Crippen LogP) is 0.785. The van der Waals surface area contributed by atoms with Gasteiger partial charge in [0, 0.05) is 24.9 Å². The number of alkyl carbamates (subject to hydrolysis) is 1. The minimum atomic E-state index is -0.887. The second-order valence-corrected chi connectivity index (χ2v) is 7.26. The van der Waals surface area contributed by atoms with Gasteiger partial charge in [0.15, 0.2) is 0 Å². The number of ether oxygens (including phenoxy) is 1. The molecule has 1 aliphatic rings. The lowest BCUT2D eigenvalue weighted by Crippen LogP contribution is -2.43. The molecule has 0 bridgehead atoms. The summed E-state index contributed by atoms with van der Waals surface area (Å²) in [6.45, 7) is 7.42. The maximum absolute atomic E-state index is 11.6. The quantitative estimate of drug-likeness (QED) is 0.516. The average molecular weight is 330 g/mol. The lowest BCUT2D eigenvalue weighted by molar-refractivity contribution is -0.119. The Kier molecular flexibility index (Phi) is 7.28. The zero-order chi connectivity index (χ0) is 17.6. The first kappa shape index (κ1) is 19.7. The Morgan fingerprint density at radius 2 is 2.13 bits per heavy atom. The minimum Gasteiger partial charge on any atom is -0.444 e. The molecule has 0 aliphatic carbocycles. The zero-order valence-electron chi connectivity index (χ0n) is 14.5. The van der Waals surface area contributed by atoms with Crippen molar-refractivity contribution in [3.63, 3.8) is 0 Å². The molecule has 1 aliphatic heterocycles. The molecule has 0 spiro atoms. The van der Waals surface area contributed by atoms with Crippen LogP contribution in [0.2, 0.25) is 0 Å².